The second-order valence-electron chi connectivity index (χ2n) is 4.77. The highest BCUT2D eigenvalue weighted by molar-refractivity contribution is 7.91. The molecule has 19 heavy (non-hydrogen) atoms. The van der Waals surface area contributed by atoms with Crippen LogP contribution in [0, 0.1) is 13.8 Å². The van der Waals surface area contributed by atoms with Crippen LogP contribution in [0.2, 0.25) is 0 Å². The molecule has 0 saturated carbocycles. The first-order valence-electron chi connectivity index (χ1n) is 6.45. The topological polar surface area (TPSA) is 46.2 Å². The van der Waals surface area contributed by atoms with E-state index in [9.17, 15) is 8.42 Å². The quantitative estimate of drug-likeness (QED) is 0.857. The van der Waals surface area contributed by atoms with Gasteiger partial charge in [-0.3, -0.25) is 0 Å². The van der Waals surface area contributed by atoms with E-state index in [4.69, 9.17) is 0 Å². The molecule has 1 heterocycles. The van der Waals surface area contributed by atoms with Crippen molar-refractivity contribution in [2.75, 3.05) is 6.54 Å². The smallest absolute Gasteiger partial charge is 0.210 e. The fourth-order valence-corrected chi connectivity index (χ4v) is 4.88. The van der Waals surface area contributed by atoms with E-state index in [0.717, 1.165) is 34.1 Å². The Balaban J connectivity index is 2.42. The molecule has 0 fully saturated rings. The number of nitrogens with one attached hydrogen (secondary N) is 1. The molecule has 1 aromatic heterocycles. The Hall–Kier alpha value is -0.910. The van der Waals surface area contributed by atoms with Gasteiger partial charge in [-0.05, 0) is 37.3 Å². The molecule has 0 unspecified atom stereocenters. The van der Waals surface area contributed by atoms with E-state index in [2.05, 4.69) is 4.72 Å². The molecule has 2 aromatic rings. The second-order valence-corrected chi connectivity index (χ2v) is 7.78. The molecule has 0 aliphatic heterocycles. The molecule has 0 bridgehead atoms. The summed E-state index contributed by atoms with van der Waals surface area (Å²) in [6, 6.07) is 6.05. The third-order valence-electron chi connectivity index (χ3n) is 3.11. The molecule has 0 saturated heterocycles. The van der Waals surface area contributed by atoms with Gasteiger partial charge in [-0.25, -0.2) is 13.1 Å². The number of benzene rings is 1. The highest BCUT2D eigenvalue weighted by Crippen LogP contribution is 2.34. The number of thiophene rings is 1. The van der Waals surface area contributed by atoms with Crippen molar-refractivity contribution in [2.45, 2.75) is 37.8 Å². The molecule has 5 heteroatoms. The van der Waals surface area contributed by atoms with Crippen LogP contribution in [0.5, 0.6) is 0 Å². The summed E-state index contributed by atoms with van der Waals surface area (Å²) in [4.78, 5) is 0. The molecule has 1 N–H and O–H groups in total. The van der Waals surface area contributed by atoms with Gasteiger partial charge in [0.1, 0.15) is 4.21 Å². The van der Waals surface area contributed by atoms with Crippen molar-refractivity contribution in [3.8, 4) is 0 Å². The number of unbranched alkanes of at least 4 members (excludes halogenated alkanes) is 1. The van der Waals surface area contributed by atoms with E-state index < -0.39 is 10.0 Å². The maximum atomic E-state index is 12.3. The average Bonchev–Trinajstić information content (AvgIpc) is 2.68. The van der Waals surface area contributed by atoms with E-state index >= 15 is 0 Å². The predicted octanol–water partition coefficient (Wildman–Crippen LogP) is 3.60. The third kappa shape index (κ3) is 2.99. The van der Waals surface area contributed by atoms with Crippen molar-refractivity contribution >= 4 is 31.4 Å². The van der Waals surface area contributed by atoms with E-state index in [-0.39, 0.29) is 0 Å². The summed E-state index contributed by atoms with van der Waals surface area (Å²) < 4.78 is 28.7. The van der Waals surface area contributed by atoms with Crippen molar-refractivity contribution in [3.05, 3.63) is 29.3 Å². The van der Waals surface area contributed by atoms with Crippen LogP contribution in [0.4, 0.5) is 0 Å². The fraction of sp³-hybridized carbons (Fsp3) is 0.429. The molecular weight excluding hydrogens is 278 g/mol. The average molecular weight is 297 g/mol. The Bertz CT molecular complexity index is 687. The first-order chi connectivity index (χ1) is 8.95. The maximum absolute atomic E-state index is 12.3. The monoisotopic (exact) mass is 297 g/mol. The van der Waals surface area contributed by atoms with Crippen LogP contribution in [0.25, 0.3) is 10.1 Å². The number of hydrogen-bond acceptors (Lipinski definition) is 3. The van der Waals surface area contributed by atoms with Crippen LogP contribution in [-0.2, 0) is 10.0 Å². The molecule has 0 atom stereocenters. The Labute approximate surface area is 118 Å². The summed E-state index contributed by atoms with van der Waals surface area (Å²) in [6.45, 7) is 6.45. The van der Waals surface area contributed by atoms with Crippen molar-refractivity contribution in [2.24, 2.45) is 0 Å². The van der Waals surface area contributed by atoms with E-state index in [0.29, 0.717) is 10.8 Å². The minimum Gasteiger partial charge on any atom is -0.210 e. The second kappa shape index (κ2) is 5.61. The summed E-state index contributed by atoms with van der Waals surface area (Å²) in [5.74, 6) is 0. The first-order valence-corrected chi connectivity index (χ1v) is 8.75. The van der Waals surface area contributed by atoms with Crippen LogP contribution < -0.4 is 4.72 Å². The maximum Gasteiger partial charge on any atom is 0.250 e. The Morgan fingerprint density at radius 2 is 2.00 bits per heavy atom. The van der Waals surface area contributed by atoms with Gasteiger partial charge in [0.25, 0.3) is 0 Å². The Kier molecular flexibility index (Phi) is 4.28. The van der Waals surface area contributed by atoms with E-state index in [1.165, 1.54) is 11.3 Å². The zero-order valence-electron chi connectivity index (χ0n) is 11.5. The van der Waals surface area contributed by atoms with Gasteiger partial charge in [-0.15, -0.1) is 11.3 Å². The van der Waals surface area contributed by atoms with Crippen molar-refractivity contribution < 1.29 is 8.42 Å². The first kappa shape index (κ1) is 14.5. The van der Waals surface area contributed by atoms with Crippen molar-refractivity contribution in [1.29, 1.82) is 0 Å². The third-order valence-corrected chi connectivity index (χ3v) is 6.47. The van der Waals surface area contributed by atoms with E-state index in [1.807, 2.05) is 39.0 Å². The van der Waals surface area contributed by atoms with Crippen molar-refractivity contribution in [1.82, 2.24) is 4.72 Å². The fourth-order valence-electron chi connectivity index (χ4n) is 2.02. The molecule has 1 aromatic carbocycles. The molecule has 0 spiro atoms. The Morgan fingerprint density at radius 1 is 1.26 bits per heavy atom. The van der Waals surface area contributed by atoms with Crippen LogP contribution in [0.3, 0.4) is 0 Å². The van der Waals surface area contributed by atoms with Crippen LogP contribution in [0.15, 0.2) is 22.4 Å². The molecule has 0 radical (unpaired) electrons. The summed E-state index contributed by atoms with van der Waals surface area (Å²) in [5, 5.41) is 1.04. The van der Waals surface area contributed by atoms with Gasteiger partial charge in [0.05, 0.1) is 0 Å². The molecule has 0 amide bonds. The van der Waals surface area contributed by atoms with Gasteiger partial charge in [0, 0.05) is 11.2 Å². The minimum atomic E-state index is -3.37. The number of sulfonamides is 1. The van der Waals surface area contributed by atoms with Gasteiger partial charge in [0.15, 0.2) is 0 Å². The lowest BCUT2D eigenvalue weighted by atomic mass is 10.1. The molecule has 104 valence electrons. The molecular formula is C14H19NO2S2. The summed E-state index contributed by atoms with van der Waals surface area (Å²) in [6.07, 6.45) is 1.84. The summed E-state index contributed by atoms with van der Waals surface area (Å²) in [5.41, 5.74) is 2.00. The molecule has 0 aliphatic carbocycles. The standard InChI is InChI=1S/C14H19NO2S2/c1-4-5-8-15-19(16,17)14-11(3)12-9-10(2)6-7-13(12)18-14/h6-7,9,15H,4-5,8H2,1-3H3. The van der Waals surface area contributed by atoms with Crippen LogP contribution >= 0.6 is 11.3 Å². The zero-order chi connectivity index (χ0) is 14.0. The van der Waals surface area contributed by atoms with Crippen molar-refractivity contribution in [3.63, 3.8) is 0 Å². The number of rotatable bonds is 5. The lowest BCUT2D eigenvalue weighted by molar-refractivity contribution is 0.580. The van der Waals surface area contributed by atoms with E-state index in [1.54, 1.807) is 0 Å². The van der Waals surface area contributed by atoms with Gasteiger partial charge >= 0.3 is 0 Å². The highest BCUT2D eigenvalue weighted by atomic mass is 32.2. The largest absolute Gasteiger partial charge is 0.250 e. The lowest BCUT2D eigenvalue weighted by Gasteiger charge is -2.04. The minimum absolute atomic E-state index is 0.448. The Morgan fingerprint density at radius 3 is 2.68 bits per heavy atom. The number of aryl methyl sites for hydroxylation is 2. The lowest BCUT2D eigenvalue weighted by Crippen LogP contribution is -2.24. The van der Waals surface area contributed by atoms with Crippen LogP contribution in [0.1, 0.15) is 30.9 Å². The number of hydrogen-bond donors (Lipinski definition) is 1. The zero-order valence-corrected chi connectivity index (χ0v) is 13.1. The predicted molar refractivity (Wildman–Crippen MR) is 81.4 cm³/mol. The van der Waals surface area contributed by atoms with Crippen LogP contribution in [-0.4, -0.2) is 15.0 Å². The van der Waals surface area contributed by atoms with Gasteiger partial charge in [-0.2, -0.15) is 0 Å². The van der Waals surface area contributed by atoms with Gasteiger partial charge in [-0.1, -0.05) is 31.0 Å². The SMILES string of the molecule is CCCCNS(=O)(=O)c1sc2ccc(C)cc2c1C. The van der Waals surface area contributed by atoms with Gasteiger partial charge in [0.2, 0.25) is 10.0 Å². The normalized spacial score (nSPS) is 12.2. The molecule has 3 nitrogen and oxygen atoms in total. The number of fused-ring (bicyclic) bond motifs is 1. The highest BCUT2D eigenvalue weighted by Gasteiger charge is 2.20. The molecule has 2 rings (SSSR count). The van der Waals surface area contributed by atoms with Gasteiger partial charge < -0.3 is 0 Å². The summed E-state index contributed by atoms with van der Waals surface area (Å²) in [7, 11) is -3.37. The molecule has 0 aliphatic rings. The summed E-state index contributed by atoms with van der Waals surface area (Å²) >= 11 is 1.35.